The number of ether oxygens (including phenoxy) is 1. The van der Waals surface area contributed by atoms with Crippen LogP contribution in [0.3, 0.4) is 0 Å². The first-order valence-corrected chi connectivity index (χ1v) is 8.78. The van der Waals surface area contributed by atoms with Gasteiger partial charge in [0.25, 0.3) is 0 Å². The van der Waals surface area contributed by atoms with E-state index < -0.39 is 11.7 Å². The van der Waals surface area contributed by atoms with Gasteiger partial charge in [-0.15, -0.1) is 0 Å². The van der Waals surface area contributed by atoms with Gasteiger partial charge in [-0.1, -0.05) is 45.0 Å². The highest BCUT2D eigenvalue weighted by atomic mass is 16.6. The number of pyridine rings is 1. The van der Waals surface area contributed by atoms with Gasteiger partial charge in [0, 0.05) is 11.8 Å². The predicted molar refractivity (Wildman–Crippen MR) is 107 cm³/mol. The van der Waals surface area contributed by atoms with E-state index in [1.807, 2.05) is 12.1 Å². The van der Waals surface area contributed by atoms with E-state index in [-0.39, 0.29) is 28.3 Å². The molecule has 27 heavy (non-hydrogen) atoms. The van der Waals surface area contributed by atoms with Crippen LogP contribution in [-0.4, -0.2) is 22.5 Å². The topological polar surface area (TPSA) is 94.3 Å². The molecule has 0 bridgehead atoms. The molecule has 3 N–H and O–H groups in total. The van der Waals surface area contributed by atoms with Crippen LogP contribution in [0.5, 0.6) is 0 Å². The summed E-state index contributed by atoms with van der Waals surface area (Å²) in [7, 11) is 0. The Labute approximate surface area is 160 Å². The number of nitrogens with one attached hydrogen (secondary N) is 1. The van der Waals surface area contributed by atoms with Crippen molar-refractivity contribution in [2.45, 2.75) is 52.6 Å². The maximum Gasteiger partial charge on any atom is 0.412 e. The molecule has 6 heteroatoms. The fraction of sp³-hybridized carbons (Fsp3) is 0.381. The first-order chi connectivity index (χ1) is 12.4. The van der Waals surface area contributed by atoms with Gasteiger partial charge in [0.1, 0.15) is 11.3 Å². The van der Waals surface area contributed by atoms with Crippen LogP contribution in [0, 0.1) is 0 Å². The molecule has 0 saturated carbocycles. The minimum Gasteiger partial charge on any atom is -0.444 e. The Morgan fingerprint density at radius 2 is 1.59 bits per heavy atom. The number of nitrogens with two attached hydrogens (primary N) is 1. The van der Waals surface area contributed by atoms with Crippen molar-refractivity contribution in [3.05, 3.63) is 53.3 Å². The third-order valence-corrected chi connectivity index (χ3v) is 3.85. The second-order valence-electron chi connectivity index (χ2n) is 8.40. The normalized spacial score (nSPS) is 11.8. The summed E-state index contributed by atoms with van der Waals surface area (Å²) < 4.78 is 5.22. The highest BCUT2D eigenvalue weighted by Gasteiger charge is 2.21. The molecule has 2 rings (SSSR count). The van der Waals surface area contributed by atoms with Crippen molar-refractivity contribution in [2.75, 3.05) is 11.1 Å². The number of aromatic nitrogens is 1. The quantitative estimate of drug-likeness (QED) is 0.775. The van der Waals surface area contributed by atoms with Crippen LogP contribution in [0.4, 0.5) is 16.2 Å². The van der Waals surface area contributed by atoms with Gasteiger partial charge in [-0.05, 0) is 37.8 Å². The molecule has 0 aliphatic carbocycles. The molecule has 0 fully saturated rings. The molecule has 1 aromatic carbocycles. The number of rotatable bonds is 3. The summed E-state index contributed by atoms with van der Waals surface area (Å²) in [6.07, 6.45) is 0.785. The zero-order valence-electron chi connectivity index (χ0n) is 16.7. The number of carbonyl (C=O) groups excluding carboxylic acids is 2. The SMILES string of the molecule is CC(C)(C)OC(=O)Nc1ccnc(C(=O)c2ccc(C(C)(C)C)cc2)c1N. The summed E-state index contributed by atoms with van der Waals surface area (Å²) in [5, 5.41) is 2.56. The molecule has 0 radical (unpaired) electrons. The molecule has 1 aromatic heterocycles. The molecule has 0 spiro atoms. The average Bonchev–Trinajstić information content (AvgIpc) is 2.54. The summed E-state index contributed by atoms with van der Waals surface area (Å²) in [6, 6.07) is 8.90. The minimum atomic E-state index is -0.645. The van der Waals surface area contributed by atoms with Crippen molar-refractivity contribution >= 4 is 23.3 Å². The van der Waals surface area contributed by atoms with E-state index in [0.717, 1.165) is 5.56 Å². The highest BCUT2D eigenvalue weighted by Crippen LogP contribution is 2.26. The van der Waals surface area contributed by atoms with E-state index in [1.165, 1.54) is 12.3 Å². The van der Waals surface area contributed by atoms with Gasteiger partial charge in [0.15, 0.2) is 0 Å². The van der Waals surface area contributed by atoms with Gasteiger partial charge >= 0.3 is 6.09 Å². The van der Waals surface area contributed by atoms with E-state index >= 15 is 0 Å². The molecule has 0 atom stereocenters. The summed E-state index contributed by atoms with van der Waals surface area (Å²) in [4.78, 5) is 28.9. The van der Waals surface area contributed by atoms with Gasteiger partial charge in [-0.3, -0.25) is 15.1 Å². The summed E-state index contributed by atoms with van der Waals surface area (Å²) >= 11 is 0. The highest BCUT2D eigenvalue weighted by molar-refractivity contribution is 6.12. The van der Waals surface area contributed by atoms with Gasteiger partial charge in [0.05, 0.1) is 11.4 Å². The monoisotopic (exact) mass is 369 g/mol. The third-order valence-electron chi connectivity index (χ3n) is 3.85. The van der Waals surface area contributed by atoms with Gasteiger partial charge in [-0.2, -0.15) is 0 Å². The number of benzene rings is 1. The fourth-order valence-corrected chi connectivity index (χ4v) is 2.44. The van der Waals surface area contributed by atoms with Gasteiger partial charge < -0.3 is 10.5 Å². The number of amides is 1. The lowest BCUT2D eigenvalue weighted by molar-refractivity contribution is 0.0635. The number of nitrogens with zero attached hydrogens (tertiary/aromatic N) is 1. The van der Waals surface area contributed by atoms with Crippen LogP contribution < -0.4 is 11.1 Å². The van der Waals surface area contributed by atoms with Crippen LogP contribution >= 0.6 is 0 Å². The van der Waals surface area contributed by atoms with Crippen molar-refractivity contribution in [1.82, 2.24) is 4.98 Å². The van der Waals surface area contributed by atoms with Gasteiger partial charge in [0.2, 0.25) is 5.78 Å². The van der Waals surface area contributed by atoms with Crippen molar-refractivity contribution in [2.24, 2.45) is 0 Å². The lowest BCUT2D eigenvalue weighted by atomic mass is 9.86. The van der Waals surface area contributed by atoms with Crippen LogP contribution in [0.1, 0.15) is 63.2 Å². The van der Waals surface area contributed by atoms with Crippen LogP contribution in [-0.2, 0) is 10.2 Å². The Hall–Kier alpha value is -2.89. The molecule has 0 aliphatic heterocycles. The molecule has 1 heterocycles. The number of hydrogen-bond donors (Lipinski definition) is 2. The molecule has 6 nitrogen and oxygen atoms in total. The molecular weight excluding hydrogens is 342 g/mol. The molecule has 0 unspecified atom stereocenters. The Morgan fingerprint density at radius 1 is 1.00 bits per heavy atom. The standard InChI is InChI=1S/C21H27N3O3/c1-20(2,3)14-9-7-13(8-10-14)18(25)17-16(22)15(11-12-23-17)24-19(26)27-21(4,5)6/h7-12H,22H2,1-6H3,(H,23,24,26). The predicted octanol–water partition coefficient (Wildman–Crippen LogP) is 4.54. The van der Waals surface area contributed by atoms with Crippen molar-refractivity contribution in [3.8, 4) is 0 Å². The molecular formula is C21H27N3O3. The van der Waals surface area contributed by atoms with E-state index in [4.69, 9.17) is 10.5 Å². The van der Waals surface area contributed by atoms with Crippen molar-refractivity contribution in [1.29, 1.82) is 0 Å². The van der Waals surface area contributed by atoms with Crippen LogP contribution in [0.2, 0.25) is 0 Å². The Bertz CT molecular complexity index is 844. The Balaban J connectivity index is 2.26. The molecule has 1 amide bonds. The summed E-state index contributed by atoms with van der Waals surface area (Å²) in [5.41, 5.74) is 7.52. The molecule has 0 aliphatic rings. The largest absolute Gasteiger partial charge is 0.444 e. The van der Waals surface area contributed by atoms with E-state index in [1.54, 1.807) is 32.9 Å². The maximum atomic E-state index is 12.8. The Morgan fingerprint density at radius 3 is 2.11 bits per heavy atom. The van der Waals surface area contributed by atoms with Crippen molar-refractivity contribution < 1.29 is 14.3 Å². The summed E-state index contributed by atoms with van der Waals surface area (Å²) in [6.45, 7) is 11.6. The third kappa shape index (κ3) is 5.29. The molecule has 0 saturated heterocycles. The van der Waals surface area contributed by atoms with Crippen molar-refractivity contribution in [3.63, 3.8) is 0 Å². The zero-order valence-corrected chi connectivity index (χ0v) is 16.7. The number of anilines is 2. The summed E-state index contributed by atoms with van der Waals surface area (Å²) in [5.74, 6) is -0.305. The first-order valence-electron chi connectivity index (χ1n) is 8.78. The van der Waals surface area contributed by atoms with Gasteiger partial charge in [-0.25, -0.2) is 4.79 Å². The van der Waals surface area contributed by atoms with E-state index in [0.29, 0.717) is 5.56 Å². The average molecular weight is 369 g/mol. The second kappa shape index (κ2) is 7.39. The number of nitrogen functional groups attached to an aromatic ring is 1. The van der Waals surface area contributed by atoms with E-state index in [9.17, 15) is 9.59 Å². The maximum absolute atomic E-state index is 12.8. The lowest BCUT2D eigenvalue weighted by Gasteiger charge is -2.20. The minimum absolute atomic E-state index is 0.00386. The number of hydrogen-bond acceptors (Lipinski definition) is 5. The van der Waals surface area contributed by atoms with Crippen LogP contribution in [0.25, 0.3) is 0 Å². The van der Waals surface area contributed by atoms with Crippen LogP contribution in [0.15, 0.2) is 36.5 Å². The van der Waals surface area contributed by atoms with E-state index in [2.05, 4.69) is 31.1 Å². The smallest absolute Gasteiger partial charge is 0.412 e. The second-order valence-corrected chi connectivity index (χ2v) is 8.40. The molecule has 144 valence electrons. The number of carbonyl (C=O) groups is 2. The zero-order chi connectivity index (χ0) is 20.4. The Kier molecular flexibility index (Phi) is 5.59. The molecule has 2 aromatic rings. The number of ketones is 1. The first kappa shape index (κ1) is 20.4. The lowest BCUT2D eigenvalue weighted by Crippen LogP contribution is -2.27. The fourth-order valence-electron chi connectivity index (χ4n) is 2.44.